The number of carbonyl (C=O) groups is 1. The second-order valence-corrected chi connectivity index (χ2v) is 5.79. The summed E-state index contributed by atoms with van der Waals surface area (Å²) in [6, 6.07) is 9.93. The molecule has 0 aliphatic carbocycles. The minimum atomic E-state index is -0.873. The standard InChI is InChI=1S/C15H20N2O2/c1-15(2,3)17-10-13(14(18)19)16(11-17)9-12-7-5-4-6-8-12/h4-8,10H,9,11H2,1-3H3,(H,18,19). The Kier molecular flexibility index (Phi) is 3.51. The highest BCUT2D eigenvalue weighted by molar-refractivity contribution is 5.86. The van der Waals surface area contributed by atoms with Crippen molar-refractivity contribution in [1.82, 2.24) is 9.80 Å². The monoisotopic (exact) mass is 260 g/mol. The van der Waals surface area contributed by atoms with Crippen LogP contribution in [0.15, 0.2) is 42.2 Å². The van der Waals surface area contributed by atoms with Crippen molar-refractivity contribution in [3.8, 4) is 0 Å². The molecule has 0 fully saturated rings. The van der Waals surface area contributed by atoms with Gasteiger partial charge >= 0.3 is 5.97 Å². The van der Waals surface area contributed by atoms with Crippen LogP contribution in [0.3, 0.4) is 0 Å². The third kappa shape index (κ3) is 3.08. The number of benzene rings is 1. The molecule has 102 valence electrons. The fraction of sp³-hybridized carbons (Fsp3) is 0.400. The number of hydrogen-bond donors (Lipinski definition) is 1. The zero-order valence-electron chi connectivity index (χ0n) is 11.6. The van der Waals surface area contributed by atoms with Crippen molar-refractivity contribution in [3.05, 3.63) is 47.8 Å². The number of rotatable bonds is 3. The molecule has 0 unspecified atom stereocenters. The number of nitrogens with zero attached hydrogens (tertiary/aromatic N) is 2. The van der Waals surface area contributed by atoms with Crippen LogP contribution in [0, 0.1) is 0 Å². The van der Waals surface area contributed by atoms with Crippen molar-refractivity contribution < 1.29 is 9.90 Å². The molecule has 4 nitrogen and oxygen atoms in total. The van der Waals surface area contributed by atoms with E-state index in [-0.39, 0.29) is 5.54 Å². The highest BCUT2D eigenvalue weighted by atomic mass is 16.4. The van der Waals surface area contributed by atoms with Crippen molar-refractivity contribution in [1.29, 1.82) is 0 Å². The molecule has 19 heavy (non-hydrogen) atoms. The van der Waals surface area contributed by atoms with Crippen LogP contribution in [0.5, 0.6) is 0 Å². The SMILES string of the molecule is CC(C)(C)N1C=C(C(=O)O)N(Cc2ccccc2)C1. The zero-order chi connectivity index (χ0) is 14.0. The quantitative estimate of drug-likeness (QED) is 0.906. The molecule has 0 saturated carbocycles. The molecule has 0 atom stereocenters. The molecule has 0 spiro atoms. The third-order valence-corrected chi connectivity index (χ3v) is 3.24. The second-order valence-electron chi connectivity index (χ2n) is 5.79. The van der Waals surface area contributed by atoms with Crippen molar-refractivity contribution in [2.45, 2.75) is 32.9 Å². The zero-order valence-corrected chi connectivity index (χ0v) is 11.6. The van der Waals surface area contributed by atoms with E-state index in [0.29, 0.717) is 18.9 Å². The van der Waals surface area contributed by atoms with Gasteiger partial charge < -0.3 is 14.9 Å². The van der Waals surface area contributed by atoms with E-state index in [9.17, 15) is 9.90 Å². The van der Waals surface area contributed by atoms with Crippen LogP contribution in [-0.4, -0.2) is 33.1 Å². The van der Waals surface area contributed by atoms with Gasteiger partial charge in [-0.25, -0.2) is 4.79 Å². The molecule has 1 heterocycles. The molecule has 1 N–H and O–H groups in total. The lowest BCUT2D eigenvalue weighted by molar-refractivity contribution is -0.134. The molecular formula is C15H20N2O2. The summed E-state index contributed by atoms with van der Waals surface area (Å²) in [5.41, 5.74) is 1.40. The van der Waals surface area contributed by atoms with Crippen LogP contribution in [0.1, 0.15) is 26.3 Å². The fourth-order valence-corrected chi connectivity index (χ4v) is 2.07. The smallest absolute Gasteiger partial charge is 0.353 e. The van der Waals surface area contributed by atoms with Crippen LogP contribution in [-0.2, 0) is 11.3 Å². The van der Waals surface area contributed by atoms with E-state index < -0.39 is 5.97 Å². The van der Waals surface area contributed by atoms with E-state index in [1.54, 1.807) is 6.20 Å². The maximum Gasteiger partial charge on any atom is 0.353 e. The van der Waals surface area contributed by atoms with Gasteiger partial charge in [-0.2, -0.15) is 0 Å². The van der Waals surface area contributed by atoms with E-state index >= 15 is 0 Å². The van der Waals surface area contributed by atoms with Crippen molar-refractivity contribution in [3.63, 3.8) is 0 Å². The minimum absolute atomic E-state index is 0.0772. The van der Waals surface area contributed by atoms with Gasteiger partial charge in [-0.1, -0.05) is 30.3 Å². The molecular weight excluding hydrogens is 240 g/mol. The van der Waals surface area contributed by atoms with Gasteiger partial charge in [0.2, 0.25) is 0 Å². The lowest BCUT2D eigenvalue weighted by atomic mass is 10.1. The number of aliphatic carboxylic acids is 1. The predicted molar refractivity (Wildman–Crippen MR) is 74.2 cm³/mol. The van der Waals surface area contributed by atoms with Gasteiger partial charge in [-0.15, -0.1) is 0 Å². The number of hydrogen-bond acceptors (Lipinski definition) is 3. The van der Waals surface area contributed by atoms with Gasteiger partial charge in [-0.05, 0) is 26.3 Å². The first-order chi connectivity index (χ1) is 8.88. The molecule has 4 heteroatoms. The Morgan fingerprint density at radius 1 is 1.26 bits per heavy atom. The summed E-state index contributed by atoms with van der Waals surface area (Å²) < 4.78 is 0. The average molecular weight is 260 g/mol. The molecule has 1 aromatic rings. The Morgan fingerprint density at radius 2 is 1.89 bits per heavy atom. The van der Waals surface area contributed by atoms with Gasteiger partial charge in [0.1, 0.15) is 5.70 Å². The van der Waals surface area contributed by atoms with Gasteiger partial charge in [0.25, 0.3) is 0 Å². The fourth-order valence-electron chi connectivity index (χ4n) is 2.07. The molecule has 2 rings (SSSR count). The van der Waals surface area contributed by atoms with Gasteiger partial charge in [0.05, 0.1) is 6.67 Å². The van der Waals surface area contributed by atoms with E-state index in [0.717, 1.165) is 5.56 Å². The summed E-state index contributed by atoms with van der Waals surface area (Å²) in [5.74, 6) is -0.873. The van der Waals surface area contributed by atoms with Crippen LogP contribution >= 0.6 is 0 Å². The Balaban J connectivity index is 2.18. The summed E-state index contributed by atoms with van der Waals surface area (Å²) in [5, 5.41) is 9.31. The predicted octanol–water partition coefficient (Wildman–Crippen LogP) is 2.49. The maximum absolute atomic E-state index is 11.3. The molecule has 0 amide bonds. The highest BCUT2D eigenvalue weighted by Gasteiger charge is 2.31. The Hall–Kier alpha value is -1.97. The average Bonchev–Trinajstić information content (AvgIpc) is 2.74. The Labute approximate surface area is 113 Å². The molecule has 1 aromatic carbocycles. The minimum Gasteiger partial charge on any atom is -0.477 e. The van der Waals surface area contributed by atoms with E-state index in [1.807, 2.05) is 35.2 Å². The number of carboxylic acid groups (broad SMARTS) is 1. The summed E-state index contributed by atoms with van der Waals surface area (Å²) in [6.45, 7) is 7.46. The largest absolute Gasteiger partial charge is 0.477 e. The van der Waals surface area contributed by atoms with E-state index in [2.05, 4.69) is 25.7 Å². The lowest BCUT2D eigenvalue weighted by Gasteiger charge is -2.33. The lowest BCUT2D eigenvalue weighted by Crippen LogP contribution is -2.39. The van der Waals surface area contributed by atoms with E-state index in [4.69, 9.17) is 0 Å². The molecule has 0 saturated heterocycles. The summed E-state index contributed by atoms with van der Waals surface area (Å²) >= 11 is 0. The Morgan fingerprint density at radius 3 is 2.42 bits per heavy atom. The molecule has 1 aliphatic heterocycles. The van der Waals surface area contributed by atoms with Crippen LogP contribution in [0.2, 0.25) is 0 Å². The number of carboxylic acids is 1. The van der Waals surface area contributed by atoms with Crippen molar-refractivity contribution in [2.75, 3.05) is 6.67 Å². The van der Waals surface area contributed by atoms with Crippen LogP contribution in [0.25, 0.3) is 0 Å². The van der Waals surface area contributed by atoms with E-state index in [1.165, 1.54) is 0 Å². The molecule has 1 aliphatic rings. The van der Waals surface area contributed by atoms with Crippen molar-refractivity contribution >= 4 is 5.97 Å². The normalized spacial score (nSPS) is 15.6. The Bertz CT molecular complexity index is 489. The first-order valence-corrected chi connectivity index (χ1v) is 6.38. The van der Waals surface area contributed by atoms with Gasteiger partial charge in [0, 0.05) is 18.3 Å². The van der Waals surface area contributed by atoms with Crippen molar-refractivity contribution in [2.24, 2.45) is 0 Å². The first kappa shape index (κ1) is 13.5. The molecule has 0 aromatic heterocycles. The summed E-state index contributed by atoms with van der Waals surface area (Å²) in [6.07, 6.45) is 1.74. The summed E-state index contributed by atoms with van der Waals surface area (Å²) in [7, 11) is 0. The summed E-state index contributed by atoms with van der Waals surface area (Å²) in [4.78, 5) is 15.3. The molecule has 0 radical (unpaired) electrons. The van der Waals surface area contributed by atoms with Gasteiger partial charge in [-0.3, -0.25) is 0 Å². The topological polar surface area (TPSA) is 43.8 Å². The maximum atomic E-state index is 11.3. The molecule has 0 bridgehead atoms. The third-order valence-electron chi connectivity index (χ3n) is 3.24. The highest BCUT2D eigenvalue weighted by Crippen LogP contribution is 2.25. The van der Waals surface area contributed by atoms with Crippen LogP contribution in [0.4, 0.5) is 0 Å². The second kappa shape index (κ2) is 4.96. The van der Waals surface area contributed by atoms with Gasteiger partial charge in [0.15, 0.2) is 0 Å². The van der Waals surface area contributed by atoms with Crippen LogP contribution < -0.4 is 0 Å². The first-order valence-electron chi connectivity index (χ1n) is 6.38.